The van der Waals surface area contributed by atoms with Crippen LogP contribution in [0.15, 0.2) is 22.7 Å². The summed E-state index contributed by atoms with van der Waals surface area (Å²) in [5, 5.41) is 0.466. The highest BCUT2D eigenvalue weighted by atomic mass is 79.9. The number of amides is 1. The van der Waals surface area contributed by atoms with E-state index in [0.717, 1.165) is 12.2 Å². The predicted octanol–water partition coefficient (Wildman–Crippen LogP) is 3.56. The van der Waals surface area contributed by atoms with E-state index in [9.17, 15) is 9.18 Å². The van der Waals surface area contributed by atoms with E-state index in [2.05, 4.69) is 22.9 Å². The molecule has 18 heavy (non-hydrogen) atoms. The minimum atomic E-state index is -0.458. The van der Waals surface area contributed by atoms with Gasteiger partial charge in [-0.25, -0.2) is 4.39 Å². The number of carbonyl (C=O) groups is 1. The summed E-state index contributed by atoms with van der Waals surface area (Å²) >= 11 is 5.14. The smallest absolute Gasteiger partial charge is 0.258 e. The second-order valence-corrected chi connectivity index (χ2v) is 6.51. The van der Waals surface area contributed by atoms with Crippen molar-refractivity contribution in [3.8, 4) is 0 Å². The third-order valence-electron chi connectivity index (χ3n) is 3.06. The van der Waals surface area contributed by atoms with Crippen LogP contribution in [0.3, 0.4) is 0 Å². The molecule has 1 amide bonds. The first-order chi connectivity index (χ1) is 8.63. The van der Waals surface area contributed by atoms with Gasteiger partial charge in [0.1, 0.15) is 5.82 Å². The van der Waals surface area contributed by atoms with Crippen molar-refractivity contribution in [2.75, 3.05) is 18.8 Å². The Morgan fingerprint density at radius 3 is 3.06 bits per heavy atom. The van der Waals surface area contributed by atoms with Crippen molar-refractivity contribution in [3.05, 3.63) is 34.1 Å². The first-order valence-electron chi connectivity index (χ1n) is 5.98. The van der Waals surface area contributed by atoms with E-state index >= 15 is 0 Å². The fourth-order valence-corrected chi connectivity index (χ4v) is 3.70. The van der Waals surface area contributed by atoms with E-state index in [-0.39, 0.29) is 11.5 Å². The third kappa shape index (κ3) is 2.88. The van der Waals surface area contributed by atoms with Gasteiger partial charge in [0.05, 0.1) is 5.56 Å². The molecule has 1 aromatic carbocycles. The Labute approximate surface area is 119 Å². The summed E-state index contributed by atoms with van der Waals surface area (Å²) in [6.45, 7) is 3.52. The zero-order chi connectivity index (χ0) is 13.1. The van der Waals surface area contributed by atoms with Crippen molar-refractivity contribution < 1.29 is 9.18 Å². The third-order valence-corrected chi connectivity index (χ3v) is 5.09. The maximum atomic E-state index is 13.8. The first kappa shape index (κ1) is 13.9. The first-order valence-corrected chi connectivity index (χ1v) is 7.82. The lowest BCUT2D eigenvalue weighted by Gasteiger charge is -2.32. The van der Waals surface area contributed by atoms with E-state index in [4.69, 9.17) is 0 Å². The lowest BCUT2D eigenvalue weighted by molar-refractivity contribution is 0.0755. The topological polar surface area (TPSA) is 20.3 Å². The van der Waals surface area contributed by atoms with Gasteiger partial charge in [0.2, 0.25) is 0 Å². The van der Waals surface area contributed by atoms with Crippen LogP contribution in [0.2, 0.25) is 0 Å². The highest BCUT2D eigenvalue weighted by Gasteiger charge is 2.26. The van der Waals surface area contributed by atoms with E-state index in [1.165, 1.54) is 6.07 Å². The average molecular weight is 332 g/mol. The summed E-state index contributed by atoms with van der Waals surface area (Å²) in [7, 11) is 0. The van der Waals surface area contributed by atoms with Gasteiger partial charge in [0.15, 0.2) is 0 Å². The van der Waals surface area contributed by atoms with Crippen LogP contribution in [0.25, 0.3) is 0 Å². The predicted molar refractivity (Wildman–Crippen MR) is 76.5 cm³/mol. The van der Waals surface area contributed by atoms with Gasteiger partial charge in [-0.15, -0.1) is 0 Å². The zero-order valence-electron chi connectivity index (χ0n) is 10.2. The summed E-state index contributed by atoms with van der Waals surface area (Å²) < 4.78 is 14.3. The van der Waals surface area contributed by atoms with Gasteiger partial charge in [-0.3, -0.25) is 4.79 Å². The summed E-state index contributed by atoms with van der Waals surface area (Å²) in [6.07, 6.45) is 1.03. The van der Waals surface area contributed by atoms with Gasteiger partial charge in [0, 0.05) is 28.6 Å². The number of halogens is 2. The summed E-state index contributed by atoms with van der Waals surface area (Å²) in [6, 6.07) is 4.62. The number of nitrogens with zero attached hydrogens (tertiary/aromatic N) is 1. The Kier molecular flexibility index (Phi) is 4.67. The van der Waals surface area contributed by atoms with Crippen LogP contribution in [0.5, 0.6) is 0 Å². The van der Waals surface area contributed by atoms with Crippen LogP contribution < -0.4 is 0 Å². The lowest BCUT2D eigenvalue weighted by Crippen LogP contribution is -2.42. The Morgan fingerprint density at radius 1 is 1.61 bits per heavy atom. The van der Waals surface area contributed by atoms with Crippen molar-refractivity contribution in [1.82, 2.24) is 4.90 Å². The summed E-state index contributed by atoms with van der Waals surface area (Å²) in [5.41, 5.74) is 0.152. The van der Waals surface area contributed by atoms with Gasteiger partial charge in [-0.2, -0.15) is 11.8 Å². The molecule has 1 aromatic rings. The Bertz CT molecular complexity index is 434. The monoisotopic (exact) mass is 331 g/mol. The number of rotatable bonds is 2. The van der Waals surface area contributed by atoms with Crippen molar-refractivity contribution in [2.45, 2.75) is 18.6 Å². The minimum absolute atomic E-state index is 0.152. The molecule has 1 aliphatic rings. The normalized spacial score (nSPS) is 19.9. The molecule has 0 radical (unpaired) electrons. The van der Waals surface area contributed by atoms with Gasteiger partial charge in [-0.1, -0.05) is 13.0 Å². The van der Waals surface area contributed by atoms with Crippen LogP contribution in [-0.4, -0.2) is 34.9 Å². The van der Waals surface area contributed by atoms with E-state index in [1.807, 2.05) is 11.8 Å². The number of benzene rings is 1. The van der Waals surface area contributed by atoms with Crippen LogP contribution in [0.1, 0.15) is 23.7 Å². The van der Waals surface area contributed by atoms with Crippen molar-refractivity contribution in [2.24, 2.45) is 0 Å². The fraction of sp³-hybridized carbons (Fsp3) is 0.462. The molecule has 0 spiro atoms. The number of hydrogen-bond acceptors (Lipinski definition) is 2. The largest absolute Gasteiger partial charge is 0.337 e. The quantitative estimate of drug-likeness (QED) is 0.825. The molecule has 5 heteroatoms. The van der Waals surface area contributed by atoms with Gasteiger partial charge >= 0.3 is 0 Å². The van der Waals surface area contributed by atoms with E-state index in [0.29, 0.717) is 22.8 Å². The van der Waals surface area contributed by atoms with Gasteiger partial charge in [-0.05, 0) is 34.5 Å². The molecular formula is C13H15BrFNOS. The van der Waals surface area contributed by atoms with Gasteiger partial charge in [0.25, 0.3) is 5.91 Å². The molecule has 1 saturated heterocycles. The summed E-state index contributed by atoms with van der Waals surface area (Å²) in [5.74, 6) is 0.260. The molecule has 1 aliphatic heterocycles. The summed E-state index contributed by atoms with van der Waals surface area (Å²) in [4.78, 5) is 14.1. The van der Waals surface area contributed by atoms with Gasteiger partial charge < -0.3 is 4.90 Å². The van der Waals surface area contributed by atoms with E-state index in [1.54, 1.807) is 17.0 Å². The Hall–Kier alpha value is -0.550. The molecule has 1 fully saturated rings. The highest BCUT2D eigenvalue weighted by Crippen LogP contribution is 2.26. The minimum Gasteiger partial charge on any atom is -0.337 e. The number of carbonyl (C=O) groups excluding carboxylic acids is 1. The molecule has 0 bridgehead atoms. The molecule has 1 unspecified atom stereocenters. The second-order valence-electron chi connectivity index (χ2n) is 4.25. The maximum absolute atomic E-state index is 13.8. The molecule has 1 heterocycles. The van der Waals surface area contributed by atoms with Crippen molar-refractivity contribution in [3.63, 3.8) is 0 Å². The zero-order valence-corrected chi connectivity index (χ0v) is 12.6. The second kappa shape index (κ2) is 6.06. The Balaban J connectivity index is 2.20. The molecular weight excluding hydrogens is 317 g/mol. The molecule has 0 aliphatic carbocycles. The lowest BCUT2D eigenvalue weighted by atomic mass is 10.1. The maximum Gasteiger partial charge on any atom is 0.258 e. The molecule has 1 atom stereocenters. The molecule has 0 N–H and O–H groups in total. The molecule has 0 aromatic heterocycles. The van der Waals surface area contributed by atoms with Crippen LogP contribution >= 0.6 is 27.7 Å². The number of hydrogen-bond donors (Lipinski definition) is 0. The Morgan fingerprint density at radius 2 is 2.39 bits per heavy atom. The average Bonchev–Trinajstić information content (AvgIpc) is 2.38. The SMILES string of the molecule is CCC1CN(C(=O)c2c(F)cccc2Br)CCS1. The van der Waals surface area contributed by atoms with Crippen LogP contribution in [-0.2, 0) is 0 Å². The van der Waals surface area contributed by atoms with Crippen molar-refractivity contribution in [1.29, 1.82) is 0 Å². The molecule has 98 valence electrons. The molecule has 2 rings (SSSR count). The molecule has 0 saturated carbocycles. The molecule has 2 nitrogen and oxygen atoms in total. The standard InChI is InChI=1S/C13H15BrFNOS/c1-2-9-8-16(6-7-18-9)13(17)12-10(14)4-3-5-11(12)15/h3-5,9H,2,6-8H2,1H3. The van der Waals surface area contributed by atoms with Crippen molar-refractivity contribution >= 4 is 33.6 Å². The number of thioether (sulfide) groups is 1. The highest BCUT2D eigenvalue weighted by molar-refractivity contribution is 9.10. The van der Waals surface area contributed by atoms with Crippen LogP contribution in [0.4, 0.5) is 4.39 Å². The van der Waals surface area contributed by atoms with E-state index < -0.39 is 5.82 Å². The van der Waals surface area contributed by atoms with Crippen LogP contribution in [0, 0.1) is 5.82 Å². The fourth-order valence-electron chi connectivity index (χ4n) is 2.01.